The summed E-state index contributed by atoms with van der Waals surface area (Å²) in [7, 11) is 0. The van der Waals surface area contributed by atoms with Crippen molar-refractivity contribution in [2.75, 3.05) is 13.1 Å². The summed E-state index contributed by atoms with van der Waals surface area (Å²) in [5, 5.41) is 8.41. The molecule has 0 bridgehead atoms. The van der Waals surface area contributed by atoms with Gasteiger partial charge in [-0.3, -0.25) is 4.79 Å². The van der Waals surface area contributed by atoms with E-state index in [0.717, 1.165) is 25.9 Å². The molecule has 0 unspecified atom stereocenters. The molecule has 0 aliphatic carbocycles. The van der Waals surface area contributed by atoms with Crippen LogP contribution in [0.1, 0.15) is 25.7 Å². The van der Waals surface area contributed by atoms with E-state index in [2.05, 4.69) is 17.2 Å². The zero-order valence-electron chi connectivity index (χ0n) is 7.20. The monoisotopic (exact) mass is 169 g/mol. The van der Waals surface area contributed by atoms with E-state index >= 15 is 0 Å². The third-order valence-electron chi connectivity index (χ3n) is 1.97. The minimum absolute atomic E-state index is 0.282. The minimum Gasteiger partial charge on any atom is -0.481 e. The molecule has 0 fully saturated rings. The van der Waals surface area contributed by atoms with Crippen LogP contribution in [0.3, 0.4) is 0 Å². The minimum atomic E-state index is -0.698. The van der Waals surface area contributed by atoms with Gasteiger partial charge in [0.25, 0.3) is 0 Å². The standard InChI is InChI=1S/C9H15NO2/c11-9(12)5-4-8-10-6-2-1-3-7-10/h2,6H,1,3-5,7-8H2,(H,11,12). The average molecular weight is 169 g/mol. The fourth-order valence-electron chi connectivity index (χ4n) is 1.33. The number of carbonyl (C=O) groups is 1. The molecule has 0 spiro atoms. The van der Waals surface area contributed by atoms with Gasteiger partial charge in [-0.2, -0.15) is 0 Å². The highest BCUT2D eigenvalue weighted by Crippen LogP contribution is 2.06. The van der Waals surface area contributed by atoms with Crippen molar-refractivity contribution in [2.45, 2.75) is 25.7 Å². The van der Waals surface area contributed by atoms with E-state index in [-0.39, 0.29) is 6.42 Å². The first-order valence-corrected chi connectivity index (χ1v) is 4.41. The zero-order chi connectivity index (χ0) is 8.81. The first kappa shape index (κ1) is 9.10. The van der Waals surface area contributed by atoms with Crippen LogP contribution < -0.4 is 0 Å². The van der Waals surface area contributed by atoms with Crippen molar-refractivity contribution in [1.82, 2.24) is 4.90 Å². The molecular formula is C9H15NO2. The lowest BCUT2D eigenvalue weighted by Crippen LogP contribution is -2.22. The van der Waals surface area contributed by atoms with Crippen molar-refractivity contribution in [3.63, 3.8) is 0 Å². The van der Waals surface area contributed by atoms with Gasteiger partial charge in [-0.25, -0.2) is 0 Å². The second kappa shape index (κ2) is 4.80. The van der Waals surface area contributed by atoms with Gasteiger partial charge in [0, 0.05) is 19.5 Å². The van der Waals surface area contributed by atoms with E-state index < -0.39 is 5.97 Å². The smallest absolute Gasteiger partial charge is 0.303 e. The Morgan fingerprint density at radius 3 is 3.00 bits per heavy atom. The number of allylic oxidation sites excluding steroid dienone is 1. The van der Waals surface area contributed by atoms with Crippen LogP contribution in [0.4, 0.5) is 0 Å². The molecule has 0 saturated heterocycles. The summed E-state index contributed by atoms with van der Waals surface area (Å²) in [4.78, 5) is 12.4. The fourth-order valence-corrected chi connectivity index (χ4v) is 1.33. The Balaban J connectivity index is 2.09. The number of carboxylic acid groups (broad SMARTS) is 1. The number of aliphatic carboxylic acids is 1. The molecule has 1 aliphatic rings. The number of rotatable bonds is 4. The van der Waals surface area contributed by atoms with E-state index in [0.29, 0.717) is 0 Å². The maximum atomic E-state index is 10.2. The second-order valence-corrected chi connectivity index (χ2v) is 3.06. The molecule has 0 atom stereocenters. The van der Waals surface area contributed by atoms with E-state index in [9.17, 15) is 4.79 Å². The molecule has 1 aliphatic heterocycles. The van der Waals surface area contributed by atoms with Crippen LogP contribution in [-0.4, -0.2) is 29.1 Å². The van der Waals surface area contributed by atoms with Crippen LogP contribution in [-0.2, 0) is 4.79 Å². The van der Waals surface area contributed by atoms with Crippen molar-refractivity contribution in [2.24, 2.45) is 0 Å². The van der Waals surface area contributed by atoms with Crippen molar-refractivity contribution in [3.05, 3.63) is 12.3 Å². The summed E-state index contributed by atoms with van der Waals surface area (Å²) in [6, 6.07) is 0. The second-order valence-electron chi connectivity index (χ2n) is 3.06. The first-order chi connectivity index (χ1) is 5.79. The van der Waals surface area contributed by atoms with Gasteiger partial charge in [-0.05, 0) is 25.5 Å². The Labute approximate surface area is 72.7 Å². The van der Waals surface area contributed by atoms with Crippen molar-refractivity contribution in [1.29, 1.82) is 0 Å². The number of nitrogens with zero attached hydrogens (tertiary/aromatic N) is 1. The molecular weight excluding hydrogens is 154 g/mol. The molecule has 3 nitrogen and oxygen atoms in total. The third-order valence-corrected chi connectivity index (χ3v) is 1.97. The highest BCUT2D eigenvalue weighted by atomic mass is 16.4. The summed E-state index contributed by atoms with van der Waals surface area (Å²) in [6.45, 7) is 1.96. The van der Waals surface area contributed by atoms with Crippen LogP contribution in [0.5, 0.6) is 0 Å². The largest absolute Gasteiger partial charge is 0.481 e. The normalized spacial score (nSPS) is 16.5. The molecule has 1 heterocycles. The molecule has 12 heavy (non-hydrogen) atoms. The van der Waals surface area contributed by atoms with Crippen LogP contribution in [0, 0.1) is 0 Å². The predicted molar refractivity (Wildman–Crippen MR) is 46.8 cm³/mol. The Morgan fingerprint density at radius 2 is 2.42 bits per heavy atom. The molecule has 0 saturated carbocycles. The van der Waals surface area contributed by atoms with E-state index in [1.807, 2.05) is 0 Å². The highest BCUT2D eigenvalue weighted by Gasteiger charge is 2.03. The summed E-state index contributed by atoms with van der Waals surface area (Å²) in [5.74, 6) is -0.698. The molecule has 0 aromatic rings. The lowest BCUT2D eigenvalue weighted by atomic mass is 10.2. The van der Waals surface area contributed by atoms with E-state index in [1.165, 1.54) is 6.42 Å². The summed E-state index contributed by atoms with van der Waals surface area (Å²) < 4.78 is 0. The fraction of sp³-hybridized carbons (Fsp3) is 0.667. The summed E-state index contributed by atoms with van der Waals surface area (Å²) in [5.41, 5.74) is 0. The molecule has 68 valence electrons. The lowest BCUT2D eigenvalue weighted by molar-refractivity contribution is -0.137. The van der Waals surface area contributed by atoms with Crippen molar-refractivity contribution < 1.29 is 9.90 Å². The topological polar surface area (TPSA) is 40.5 Å². The molecule has 0 amide bonds. The van der Waals surface area contributed by atoms with Gasteiger partial charge in [0.2, 0.25) is 0 Å². The van der Waals surface area contributed by atoms with Gasteiger partial charge in [-0.1, -0.05) is 6.08 Å². The van der Waals surface area contributed by atoms with Crippen molar-refractivity contribution in [3.8, 4) is 0 Å². The molecule has 0 aromatic carbocycles. The third kappa shape index (κ3) is 3.42. The number of hydrogen-bond acceptors (Lipinski definition) is 2. The molecule has 0 aromatic heterocycles. The van der Waals surface area contributed by atoms with Crippen molar-refractivity contribution >= 4 is 5.97 Å². The van der Waals surface area contributed by atoms with Crippen LogP contribution in [0.15, 0.2) is 12.3 Å². The lowest BCUT2D eigenvalue weighted by Gasteiger charge is -2.22. The van der Waals surface area contributed by atoms with Gasteiger partial charge in [0.1, 0.15) is 0 Å². The summed E-state index contributed by atoms with van der Waals surface area (Å²) >= 11 is 0. The van der Waals surface area contributed by atoms with Gasteiger partial charge in [0.05, 0.1) is 0 Å². The SMILES string of the molecule is O=C(O)CCCN1C=CCCC1. The molecule has 0 radical (unpaired) electrons. The molecule has 1 rings (SSSR count). The van der Waals surface area contributed by atoms with E-state index in [4.69, 9.17) is 5.11 Å². The summed E-state index contributed by atoms with van der Waals surface area (Å²) in [6.07, 6.45) is 7.61. The number of carboxylic acids is 1. The van der Waals surface area contributed by atoms with Crippen LogP contribution in [0.2, 0.25) is 0 Å². The first-order valence-electron chi connectivity index (χ1n) is 4.41. The Bertz CT molecular complexity index is 177. The van der Waals surface area contributed by atoms with E-state index in [1.54, 1.807) is 0 Å². The quantitative estimate of drug-likeness (QED) is 0.692. The highest BCUT2D eigenvalue weighted by molar-refractivity contribution is 5.66. The molecule has 1 N–H and O–H groups in total. The Kier molecular flexibility index (Phi) is 3.64. The Morgan fingerprint density at radius 1 is 1.58 bits per heavy atom. The zero-order valence-corrected chi connectivity index (χ0v) is 7.20. The Hall–Kier alpha value is -0.990. The van der Waals surface area contributed by atoms with Gasteiger partial charge < -0.3 is 10.0 Å². The maximum Gasteiger partial charge on any atom is 0.303 e. The van der Waals surface area contributed by atoms with Gasteiger partial charge in [0.15, 0.2) is 0 Å². The van der Waals surface area contributed by atoms with Crippen LogP contribution >= 0.6 is 0 Å². The van der Waals surface area contributed by atoms with Crippen LogP contribution in [0.25, 0.3) is 0 Å². The van der Waals surface area contributed by atoms with Gasteiger partial charge in [-0.15, -0.1) is 0 Å². The maximum absolute atomic E-state index is 10.2. The average Bonchev–Trinajstić information content (AvgIpc) is 2.05. The predicted octanol–water partition coefficient (Wildman–Crippen LogP) is 1.46. The number of hydrogen-bond donors (Lipinski definition) is 1. The van der Waals surface area contributed by atoms with Gasteiger partial charge >= 0.3 is 5.97 Å². The molecule has 3 heteroatoms.